The van der Waals surface area contributed by atoms with Crippen LogP contribution in [0.5, 0.6) is 11.5 Å². The molecule has 1 unspecified atom stereocenters. The number of ether oxygens (including phenoxy) is 2. The summed E-state index contributed by atoms with van der Waals surface area (Å²) in [6.45, 7) is 3.61. The van der Waals surface area contributed by atoms with E-state index in [0.29, 0.717) is 17.9 Å². The van der Waals surface area contributed by atoms with E-state index in [1.165, 1.54) is 0 Å². The number of carboxylic acids is 1. The number of carbonyl (C=O) groups is 1. The molecule has 0 amide bonds. The molecule has 1 rings (SSSR count). The fourth-order valence-corrected chi connectivity index (χ4v) is 2.59. The van der Waals surface area contributed by atoms with E-state index >= 15 is 0 Å². The van der Waals surface area contributed by atoms with Gasteiger partial charge in [-0.2, -0.15) is 0 Å². The second-order valence-corrected chi connectivity index (χ2v) is 4.96. The van der Waals surface area contributed by atoms with Gasteiger partial charge in [0, 0.05) is 0 Å². The maximum Gasteiger partial charge on any atom is 0.306 e. The molecule has 0 aliphatic heterocycles. The number of halogens is 1. The van der Waals surface area contributed by atoms with Crippen LogP contribution in [-0.2, 0) is 11.2 Å². The van der Waals surface area contributed by atoms with E-state index in [1.54, 1.807) is 21.1 Å². The van der Waals surface area contributed by atoms with Crippen LogP contribution in [0, 0.1) is 12.8 Å². The fourth-order valence-electron chi connectivity index (χ4n) is 1.75. The summed E-state index contributed by atoms with van der Waals surface area (Å²) in [6, 6.07) is 1.85. The van der Waals surface area contributed by atoms with Gasteiger partial charge in [-0.15, -0.1) is 0 Å². The van der Waals surface area contributed by atoms with Gasteiger partial charge < -0.3 is 14.6 Å². The van der Waals surface area contributed by atoms with E-state index in [9.17, 15) is 4.79 Å². The van der Waals surface area contributed by atoms with Crippen LogP contribution < -0.4 is 9.47 Å². The zero-order valence-electron chi connectivity index (χ0n) is 10.9. The second kappa shape index (κ2) is 6.09. The van der Waals surface area contributed by atoms with Crippen molar-refractivity contribution in [3.05, 3.63) is 21.7 Å². The lowest BCUT2D eigenvalue weighted by atomic mass is 9.97. The molecule has 0 aliphatic carbocycles. The van der Waals surface area contributed by atoms with Crippen LogP contribution in [0.1, 0.15) is 18.1 Å². The topological polar surface area (TPSA) is 55.8 Å². The van der Waals surface area contributed by atoms with Crippen molar-refractivity contribution in [2.75, 3.05) is 14.2 Å². The van der Waals surface area contributed by atoms with Gasteiger partial charge in [0.1, 0.15) is 0 Å². The minimum atomic E-state index is -0.809. The number of hydrogen-bond donors (Lipinski definition) is 1. The smallest absolute Gasteiger partial charge is 0.306 e. The van der Waals surface area contributed by atoms with Gasteiger partial charge in [0.05, 0.1) is 24.6 Å². The Morgan fingerprint density at radius 1 is 1.44 bits per heavy atom. The predicted octanol–water partition coefficient (Wildman–Crippen LogP) is 3.04. The van der Waals surface area contributed by atoms with Crippen molar-refractivity contribution in [3.8, 4) is 11.5 Å². The normalized spacial score (nSPS) is 12.1. The van der Waals surface area contributed by atoms with E-state index < -0.39 is 11.9 Å². The second-order valence-electron chi connectivity index (χ2n) is 4.16. The summed E-state index contributed by atoms with van der Waals surface area (Å²) in [5.74, 6) is -0.0292. The average molecular weight is 317 g/mol. The Balaban J connectivity index is 3.24. The van der Waals surface area contributed by atoms with E-state index in [-0.39, 0.29) is 0 Å². The molecule has 0 saturated heterocycles. The molecule has 0 fully saturated rings. The number of carboxylic acid groups (broad SMARTS) is 1. The van der Waals surface area contributed by atoms with Crippen molar-refractivity contribution >= 4 is 21.9 Å². The predicted molar refractivity (Wildman–Crippen MR) is 72.5 cm³/mol. The summed E-state index contributed by atoms with van der Waals surface area (Å²) in [5, 5.41) is 8.98. The maximum absolute atomic E-state index is 10.9. The van der Waals surface area contributed by atoms with Crippen molar-refractivity contribution in [2.45, 2.75) is 20.3 Å². The molecule has 1 atom stereocenters. The molecule has 0 heterocycles. The number of rotatable bonds is 5. The highest BCUT2D eigenvalue weighted by atomic mass is 79.9. The minimum Gasteiger partial charge on any atom is -0.493 e. The van der Waals surface area contributed by atoms with Gasteiger partial charge in [0.25, 0.3) is 0 Å². The summed E-state index contributed by atoms with van der Waals surface area (Å²) in [5.41, 5.74) is 1.91. The average Bonchev–Trinajstić information content (AvgIpc) is 2.33. The zero-order chi connectivity index (χ0) is 13.9. The summed E-state index contributed by atoms with van der Waals surface area (Å²) in [7, 11) is 3.13. The highest BCUT2D eigenvalue weighted by Crippen LogP contribution is 2.40. The van der Waals surface area contributed by atoms with E-state index in [2.05, 4.69) is 15.9 Å². The molecule has 100 valence electrons. The van der Waals surface area contributed by atoms with Gasteiger partial charge >= 0.3 is 5.97 Å². The van der Waals surface area contributed by atoms with Gasteiger partial charge in [-0.25, -0.2) is 0 Å². The zero-order valence-corrected chi connectivity index (χ0v) is 12.5. The highest BCUT2D eigenvalue weighted by molar-refractivity contribution is 9.10. The lowest BCUT2D eigenvalue weighted by Gasteiger charge is -2.17. The molecule has 0 radical (unpaired) electrons. The van der Waals surface area contributed by atoms with Gasteiger partial charge in [-0.05, 0) is 46.5 Å². The first-order valence-electron chi connectivity index (χ1n) is 5.55. The first kappa shape index (κ1) is 14.8. The maximum atomic E-state index is 10.9. The summed E-state index contributed by atoms with van der Waals surface area (Å²) in [4.78, 5) is 10.9. The molecular weight excluding hydrogens is 300 g/mol. The Bertz CT molecular complexity index is 457. The van der Waals surface area contributed by atoms with E-state index in [0.717, 1.165) is 15.6 Å². The molecular formula is C13H17BrO4. The SMILES string of the molecule is COc1cc(C)c(CC(C)C(=O)O)c(Br)c1OC. The van der Waals surface area contributed by atoms with Crippen LogP contribution in [-0.4, -0.2) is 25.3 Å². The van der Waals surface area contributed by atoms with Crippen LogP contribution in [0.15, 0.2) is 10.5 Å². The monoisotopic (exact) mass is 316 g/mol. The van der Waals surface area contributed by atoms with E-state index in [1.807, 2.05) is 13.0 Å². The van der Waals surface area contributed by atoms with Crippen LogP contribution in [0.3, 0.4) is 0 Å². The van der Waals surface area contributed by atoms with Gasteiger partial charge in [0.15, 0.2) is 11.5 Å². The van der Waals surface area contributed by atoms with E-state index in [4.69, 9.17) is 14.6 Å². The van der Waals surface area contributed by atoms with Crippen LogP contribution >= 0.6 is 15.9 Å². The first-order chi connectivity index (χ1) is 8.42. The third kappa shape index (κ3) is 2.96. The first-order valence-corrected chi connectivity index (χ1v) is 6.34. The Labute approximate surface area is 115 Å². The quantitative estimate of drug-likeness (QED) is 0.907. The Hall–Kier alpha value is -1.23. The number of aliphatic carboxylic acids is 1. The van der Waals surface area contributed by atoms with Gasteiger partial charge in [-0.3, -0.25) is 4.79 Å². The lowest BCUT2D eigenvalue weighted by molar-refractivity contribution is -0.141. The van der Waals surface area contributed by atoms with Gasteiger partial charge in [-0.1, -0.05) is 6.92 Å². The molecule has 0 aliphatic rings. The van der Waals surface area contributed by atoms with Crippen molar-refractivity contribution in [3.63, 3.8) is 0 Å². The van der Waals surface area contributed by atoms with Crippen LogP contribution in [0.4, 0.5) is 0 Å². The van der Waals surface area contributed by atoms with Crippen molar-refractivity contribution in [2.24, 2.45) is 5.92 Å². The van der Waals surface area contributed by atoms with Crippen LogP contribution in [0.2, 0.25) is 0 Å². The molecule has 1 aromatic rings. The number of hydrogen-bond acceptors (Lipinski definition) is 3. The van der Waals surface area contributed by atoms with Crippen LogP contribution in [0.25, 0.3) is 0 Å². The van der Waals surface area contributed by atoms with Crippen molar-refractivity contribution in [1.29, 1.82) is 0 Å². The number of benzene rings is 1. The molecule has 1 aromatic carbocycles. The van der Waals surface area contributed by atoms with Crippen molar-refractivity contribution in [1.82, 2.24) is 0 Å². The third-order valence-electron chi connectivity index (χ3n) is 2.87. The largest absolute Gasteiger partial charge is 0.493 e. The summed E-state index contributed by atoms with van der Waals surface area (Å²) >= 11 is 3.46. The third-order valence-corrected chi connectivity index (χ3v) is 3.71. The lowest BCUT2D eigenvalue weighted by Crippen LogP contribution is -2.13. The molecule has 5 heteroatoms. The van der Waals surface area contributed by atoms with Crippen molar-refractivity contribution < 1.29 is 19.4 Å². The molecule has 0 bridgehead atoms. The standard InChI is InChI=1S/C13H17BrO4/c1-7-6-10(17-3)12(18-4)11(14)9(7)5-8(2)13(15)16/h6,8H,5H2,1-4H3,(H,15,16). The fraction of sp³-hybridized carbons (Fsp3) is 0.462. The molecule has 0 spiro atoms. The summed E-state index contributed by atoms with van der Waals surface area (Å²) < 4.78 is 11.3. The Morgan fingerprint density at radius 3 is 2.50 bits per heavy atom. The highest BCUT2D eigenvalue weighted by Gasteiger charge is 2.20. The Morgan fingerprint density at radius 2 is 2.06 bits per heavy atom. The number of methoxy groups -OCH3 is 2. The number of aryl methyl sites for hydroxylation is 1. The molecule has 18 heavy (non-hydrogen) atoms. The summed E-state index contributed by atoms with van der Waals surface area (Å²) in [6.07, 6.45) is 0.447. The van der Waals surface area contributed by atoms with Gasteiger partial charge in [0.2, 0.25) is 0 Å². The molecule has 0 saturated carbocycles. The minimum absolute atomic E-state index is 0.446. The molecule has 1 N–H and O–H groups in total. The molecule has 4 nitrogen and oxygen atoms in total. The Kier molecular flexibility index (Phi) is 5.02. The molecule has 0 aromatic heterocycles.